The van der Waals surface area contributed by atoms with Crippen molar-refractivity contribution in [3.05, 3.63) is 73.0 Å². The van der Waals surface area contributed by atoms with Gasteiger partial charge in [0.15, 0.2) is 0 Å². The van der Waals surface area contributed by atoms with Gasteiger partial charge in [-0.1, -0.05) is 17.7 Å². The van der Waals surface area contributed by atoms with E-state index in [1.54, 1.807) is 43.5 Å². The Morgan fingerprint density at radius 2 is 2.13 bits per heavy atom. The highest BCUT2D eigenvalue weighted by Crippen LogP contribution is 2.24. The zero-order valence-electron chi connectivity index (χ0n) is 12.1. The fourth-order valence-corrected chi connectivity index (χ4v) is 2.43. The molecule has 3 rings (SSSR count). The van der Waals surface area contributed by atoms with E-state index in [0.29, 0.717) is 16.4 Å². The topological polar surface area (TPSA) is 87.4 Å². The molecule has 1 aromatic heterocycles. The molecule has 1 aliphatic heterocycles. The van der Waals surface area contributed by atoms with E-state index in [9.17, 15) is 14.7 Å². The molecule has 2 aromatic rings. The average molecular weight is 330 g/mol. The molecule has 0 spiro atoms. The summed E-state index contributed by atoms with van der Waals surface area (Å²) in [7, 11) is 0. The van der Waals surface area contributed by atoms with Gasteiger partial charge in [-0.2, -0.15) is 0 Å². The lowest BCUT2D eigenvalue weighted by Gasteiger charge is -2.12. The molecule has 23 heavy (non-hydrogen) atoms. The number of hydrogen-bond acceptors (Lipinski definition) is 4. The van der Waals surface area contributed by atoms with Gasteiger partial charge in [0.25, 0.3) is 5.56 Å². The SMILES string of the molecule is Cc1ccc(Cl)cc1-n1c(O)c(/C=C2\C=CC=N2)c(=O)[nH]c1=O. The number of halogens is 1. The van der Waals surface area contributed by atoms with Gasteiger partial charge in [-0.3, -0.25) is 14.8 Å². The van der Waals surface area contributed by atoms with Crippen LogP contribution in [0.3, 0.4) is 0 Å². The first-order valence-corrected chi connectivity index (χ1v) is 7.12. The zero-order valence-corrected chi connectivity index (χ0v) is 12.8. The molecule has 0 saturated carbocycles. The Hall–Kier alpha value is -2.86. The van der Waals surface area contributed by atoms with E-state index in [2.05, 4.69) is 9.98 Å². The number of H-pyrrole nitrogens is 1. The van der Waals surface area contributed by atoms with E-state index in [1.807, 2.05) is 0 Å². The van der Waals surface area contributed by atoms with Gasteiger partial charge >= 0.3 is 5.69 Å². The second-order valence-corrected chi connectivity index (χ2v) is 5.41. The first-order chi connectivity index (χ1) is 11.0. The van der Waals surface area contributed by atoms with Crippen LogP contribution < -0.4 is 11.2 Å². The lowest BCUT2D eigenvalue weighted by atomic mass is 10.2. The van der Waals surface area contributed by atoms with Gasteiger partial charge < -0.3 is 5.11 Å². The van der Waals surface area contributed by atoms with Crippen LogP contribution in [0.2, 0.25) is 5.02 Å². The Morgan fingerprint density at radius 1 is 1.35 bits per heavy atom. The van der Waals surface area contributed by atoms with Crippen molar-refractivity contribution in [1.29, 1.82) is 0 Å². The first kappa shape index (κ1) is 15.1. The highest BCUT2D eigenvalue weighted by molar-refractivity contribution is 6.30. The van der Waals surface area contributed by atoms with Crippen LogP contribution in [0.25, 0.3) is 11.8 Å². The number of hydrogen-bond donors (Lipinski definition) is 2. The minimum absolute atomic E-state index is 0.0531. The summed E-state index contributed by atoms with van der Waals surface area (Å²) in [6.07, 6.45) is 6.35. The smallest absolute Gasteiger partial charge is 0.335 e. The van der Waals surface area contributed by atoms with E-state index in [1.165, 1.54) is 6.08 Å². The molecule has 0 amide bonds. The van der Waals surface area contributed by atoms with Crippen LogP contribution in [-0.2, 0) is 0 Å². The Labute approximate surface area is 135 Å². The number of allylic oxidation sites excluding steroid dienone is 2. The molecule has 0 saturated heterocycles. The number of aromatic amines is 1. The molecular weight excluding hydrogens is 318 g/mol. The van der Waals surface area contributed by atoms with E-state index >= 15 is 0 Å². The maximum absolute atomic E-state index is 12.2. The monoisotopic (exact) mass is 329 g/mol. The molecule has 0 aliphatic carbocycles. The van der Waals surface area contributed by atoms with Crippen LogP contribution in [-0.4, -0.2) is 20.9 Å². The van der Waals surface area contributed by atoms with Crippen molar-refractivity contribution < 1.29 is 5.11 Å². The number of benzene rings is 1. The Morgan fingerprint density at radius 3 is 2.83 bits per heavy atom. The predicted molar refractivity (Wildman–Crippen MR) is 89.7 cm³/mol. The highest BCUT2D eigenvalue weighted by Gasteiger charge is 2.16. The summed E-state index contributed by atoms with van der Waals surface area (Å²) in [5.41, 5.74) is 0.121. The van der Waals surface area contributed by atoms with Gasteiger partial charge in [0.2, 0.25) is 5.88 Å². The largest absolute Gasteiger partial charge is 0.494 e. The van der Waals surface area contributed by atoms with E-state index in [4.69, 9.17) is 11.6 Å². The predicted octanol–water partition coefficient (Wildman–Crippen LogP) is 2.17. The molecule has 2 N–H and O–H groups in total. The molecule has 7 heteroatoms. The van der Waals surface area contributed by atoms with Gasteiger partial charge in [-0.25, -0.2) is 9.36 Å². The summed E-state index contributed by atoms with van der Waals surface area (Å²) in [6, 6.07) is 4.94. The molecule has 2 heterocycles. The molecular formula is C16H12ClN3O3. The van der Waals surface area contributed by atoms with E-state index in [-0.39, 0.29) is 5.56 Å². The van der Waals surface area contributed by atoms with Crippen LogP contribution in [0.1, 0.15) is 11.1 Å². The van der Waals surface area contributed by atoms with Crippen molar-refractivity contribution in [2.45, 2.75) is 6.92 Å². The quantitative estimate of drug-likeness (QED) is 0.885. The number of aliphatic imine (C=N–C) groups is 1. The molecule has 0 radical (unpaired) electrons. The molecule has 116 valence electrons. The third-order valence-corrected chi connectivity index (χ3v) is 3.64. The normalized spacial score (nSPS) is 14.8. The minimum atomic E-state index is -0.745. The summed E-state index contributed by atoms with van der Waals surface area (Å²) >= 11 is 5.97. The summed E-state index contributed by atoms with van der Waals surface area (Å²) in [5, 5.41) is 10.9. The third kappa shape index (κ3) is 2.76. The Bertz CT molecular complexity index is 983. The molecule has 6 nitrogen and oxygen atoms in total. The van der Waals surface area contributed by atoms with Crippen LogP contribution in [0, 0.1) is 6.92 Å². The van der Waals surface area contributed by atoms with Crippen molar-refractivity contribution in [3.63, 3.8) is 0 Å². The second-order valence-electron chi connectivity index (χ2n) is 4.97. The lowest BCUT2D eigenvalue weighted by molar-refractivity contribution is 0.429. The summed E-state index contributed by atoms with van der Waals surface area (Å²) in [5.74, 6) is -0.466. The van der Waals surface area contributed by atoms with Crippen molar-refractivity contribution in [2.75, 3.05) is 0 Å². The first-order valence-electron chi connectivity index (χ1n) is 6.74. The number of nitrogens with zero attached hydrogens (tertiary/aromatic N) is 2. The Balaban J connectivity index is 2.30. The van der Waals surface area contributed by atoms with Gasteiger partial charge in [0.05, 0.1) is 11.4 Å². The van der Waals surface area contributed by atoms with Gasteiger partial charge in [-0.05, 0) is 42.8 Å². The number of aromatic nitrogens is 2. The summed E-state index contributed by atoms with van der Waals surface area (Å²) in [4.78, 5) is 30.4. The second kappa shape index (κ2) is 5.73. The minimum Gasteiger partial charge on any atom is -0.494 e. The van der Waals surface area contributed by atoms with Crippen molar-refractivity contribution in [1.82, 2.24) is 9.55 Å². The maximum Gasteiger partial charge on any atom is 0.335 e. The van der Waals surface area contributed by atoms with Crippen LogP contribution >= 0.6 is 11.6 Å². The Kier molecular flexibility index (Phi) is 3.75. The van der Waals surface area contributed by atoms with E-state index in [0.717, 1.165) is 10.1 Å². The summed E-state index contributed by atoms with van der Waals surface area (Å²) < 4.78 is 1.01. The highest BCUT2D eigenvalue weighted by atomic mass is 35.5. The number of nitrogens with one attached hydrogen (secondary N) is 1. The van der Waals surface area contributed by atoms with Crippen molar-refractivity contribution in [2.24, 2.45) is 4.99 Å². The lowest BCUT2D eigenvalue weighted by Crippen LogP contribution is -2.30. The van der Waals surface area contributed by atoms with Gasteiger partial charge in [0, 0.05) is 11.2 Å². The summed E-state index contributed by atoms with van der Waals surface area (Å²) in [6.45, 7) is 1.77. The molecule has 0 fully saturated rings. The average Bonchev–Trinajstić information content (AvgIpc) is 3.00. The molecule has 0 unspecified atom stereocenters. The van der Waals surface area contributed by atoms with Gasteiger partial charge in [-0.15, -0.1) is 0 Å². The maximum atomic E-state index is 12.2. The molecule has 0 bridgehead atoms. The number of aromatic hydroxyl groups is 1. The van der Waals surface area contributed by atoms with Crippen LogP contribution in [0.15, 0.2) is 50.6 Å². The zero-order chi connectivity index (χ0) is 16.6. The third-order valence-electron chi connectivity index (χ3n) is 3.40. The number of aryl methyl sites for hydroxylation is 1. The number of rotatable bonds is 2. The fraction of sp³-hybridized carbons (Fsp3) is 0.0625. The standard InChI is InChI=1S/C16H12ClN3O3/c1-9-4-5-10(17)7-13(9)20-15(22)12(14(21)19-16(20)23)8-11-3-2-6-18-11/h2-8,22H,1H3,(H,19,21,23)/b11-8+. The van der Waals surface area contributed by atoms with Gasteiger partial charge in [0.1, 0.15) is 5.56 Å². The fourth-order valence-electron chi connectivity index (χ4n) is 2.26. The van der Waals surface area contributed by atoms with Crippen molar-refractivity contribution in [3.8, 4) is 11.6 Å². The van der Waals surface area contributed by atoms with Crippen molar-refractivity contribution >= 4 is 23.9 Å². The molecule has 1 aliphatic rings. The molecule has 0 atom stereocenters. The molecule has 1 aromatic carbocycles. The van der Waals surface area contributed by atoms with E-state index < -0.39 is 17.1 Å². The van der Waals surface area contributed by atoms with Crippen LogP contribution in [0.5, 0.6) is 5.88 Å². The van der Waals surface area contributed by atoms with Crippen LogP contribution in [0.4, 0.5) is 0 Å².